The number of rotatable bonds is 4. The van der Waals surface area contributed by atoms with Gasteiger partial charge in [-0.05, 0) is 25.8 Å². The number of allylic oxidation sites excluding steroid dienone is 3. The summed E-state index contributed by atoms with van der Waals surface area (Å²) < 4.78 is 0. The van der Waals surface area contributed by atoms with Gasteiger partial charge >= 0.3 is 0 Å². The minimum atomic E-state index is -0.00245. The number of aromatic nitrogens is 2. The highest BCUT2D eigenvalue weighted by atomic mass is 32.1. The number of thiophene rings is 1. The number of likely N-dealkylation sites (tertiary alicyclic amines) is 1. The second kappa shape index (κ2) is 6.24. The molecule has 1 saturated heterocycles. The Bertz CT molecular complexity index is 908. The molecule has 0 aromatic carbocycles. The minimum absolute atomic E-state index is 0.00245. The fourth-order valence-corrected chi connectivity index (χ4v) is 4.28. The van der Waals surface area contributed by atoms with Gasteiger partial charge in [0, 0.05) is 31.1 Å². The smallest absolute Gasteiger partial charge is 0.266 e. The van der Waals surface area contributed by atoms with E-state index in [4.69, 9.17) is 5.73 Å². The summed E-state index contributed by atoms with van der Waals surface area (Å²) in [5.74, 6) is -0.00245. The first-order valence-electron chi connectivity index (χ1n) is 8.43. The number of nitrogens with zero attached hydrogens (tertiary/aromatic N) is 3. The molecule has 1 fully saturated rings. The van der Waals surface area contributed by atoms with Crippen molar-refractivity contribution in [3.8, 4) is 0 Å². The van der Waals surface area contributed by atoms with Gasteiger partial charge in [0.1, 0.15) is 9.71 Å². The molecule has 0 spiro atoms. The van der Waals surface area contributed by atoms with Gasteiger partial charge in [-0.3, -0.25) is 4.79 Å². The summed E-state index contributed by atoms with van der Waals surface area (Å²) in [6.45, 7) is 6.20. The number of nitrogens with one attached hydrogen (secondary N) is 1. The van der Waals surface area contributed by atoms with Crippen LogP contribution in [0.25, 0.3) is 10.2 Å². The van der Waals surface area contributed by atoms with Gasteiger partial charge in [0.2, 0.25) is 0 Å². The fraction of sp³-hybridized carbons (Fsp3) is 0.389. The first-order chi connectivity index (χ1) is 12.0. The van der Waals surface area contributed by atoms with Crippen molar-refractivity contribution in [2.75, 3.05) is 25.4 Å². The van der Waals surface area contributed by atoms with Gasteiger partial charge in [-0.1, -0.05) is 23.8 Å². The summed E-state index contributed by atoms with van der Waals surface area (Å²) in [5.41, 5.74) is 10.0. The monoisotopic (exact) mass is 355 g/mol. The van der Waals surface area contributed by atoms with Crippen LogP contribution in [-0.4, -0.2) is 46.7 Å². The molecule has 0 radical (unpaired) electrons. The van der Waals surface area contributed by atoms with Crippen LogP contribution < -0.4 is 11.1 Å². The van der Waals surface area contributed by atoms with Gasteiger partial charge in [0.05, 0.1) is 11.4 Å². The molecule has 2 aliphatic rings. The molecule has 7 heteroatoms. The molecule has 2 aromatic rings. The molecular weight excluding hydrogens is 334 g/mol. The predicted molar refractivity (Wildman–Crippen MR) is 101 cm³/mol. The number of fused-ring (bicyclic) bond motifs is 1. The predicted octanol–water partition coefficient (Wildman–Crippen LogP) is 2.19. The quantitative estimate of drug-likeness (QED) is 0.878. The standard InChI is InChI=1S/C18H21N5OS/c1-10-11(2)21-22-17-14(10)15(19)16(25-17)18(24)23-8-13(9-23)20-7-12-5-3-4-6-12/h3-5,13,20H,6-9,19H2,1-2H3. The van der Waals surface area contributed by atoms with E-state index in [1.165, 1.54) is 16.9 Å². The molecule has 3 heterocycles. The topological polar surface area (TPSA) is 84.1 Å². The maximum absolute atomic E-state index is 12.8. The molecule has 0 unspecified atom stereocenters. The van der Waals surface area contributed by atoms with Gasteiger partial charge in [-0.25, -0.2) is 0 Å². The maximum Gasteiger partial charge on any atom is 0.266 e. The molecule has 6 nitrogen and oxygen atoms in total. The maximum atomic E-state index is 12.8. The van der Waals surface area contributed by atoms with E-state index >= 15 is 0 Å². The van der Waals surface area contributed by atoms with E-state index in [1.54, 1.807) is 0 Å². The molecule has 2 aromatic heterocycles. The molecule has 1 aliphatic heterocycles. The van der Waals surface area contributed by atoms with E-state index in [1.807, 2.05) is 18.7 Å². The molecular formula is C18H21N5OS. The summed E-state index contributed by atoms with van der Waals surface area (Å²) in [4.78, 5) is 15.9. The molecule has 3 N–H and O–H groups in total. The Hall–Kier alpha value is -2.25. The molecule has 4 rings (SSSR count). The normalized spacial score (nSPS) is 17.2. The van der Waals surface area contributed by atoms with Crippen LogP contribution in [0.3, 0.4) is 0 Å². The van der Waals surface area contributed by atoms with Crippen LogP contribution in [0.4, 0.5) is 5.69 Å². The van der Waals surface area contributed by atoms with Gasteiger partial charge in [-0.15, -0.1) is 16.4 Å². The van der Waals surface area contributed by atoms with E-state index in [0.29, 0.717) is 16.6 Å². The number of anilines is 1. The molecule has 130 valence electrons. The van der Waals surface area contributed by atoms with Gasteiger partial charge < -0.3 is 16.0 Å². The fourth-order valence-electron chi connectivity index (χ4n) is 3.21. The first kappa shape index (κ1) is 16.2. The highest BCUT2D eigenvalue weighted by Gasteiger charge is 2.33. The number of hydrogen-bond donors (Lipinski definition) is 2. The lowest BCUT2D eigenvalue weighted by Crippen LogP contribution is -2.60. The van der Waals surface area contributed by atoms with Crippen LogP contribution in [0.1, 0.15) is 27.3 Å². The van der Waals surface area contributed by atoms with E-state index in [-0.39, 0.29) is 5.91 Å². The van der Waals surface area contributed by atoms with Crippen molar-refractivity contribution < 1.29 is 4.79 Å². The SMILES string of the molecule is Cc1nnc2sc(C(=O)N3CC(NCC4=CC=CC4)C3)c(N)c2c1C. The summed E-state index contributed by atoms with van der Waals surface area (Å²) in [6, 6.07) is 0.352. The molecule has 1 amide bonds. The molecule has 0 saturated carbocycles. The van der Waals surface area contributed by atoms with Crippen LogP contribution in [-0.2, 0) is 0 Å². The van der Waals surface area contributed by atoms with E-state index in [9.17, 15) is 4.79 Å². The van der Waals surface area contributed by atoms with E-state index < -0.39 is 0 Å². The summed E-state index contributed by atoms with van der Waals surface area (Å²) >= 11 is 1.34. The Morgan fingerprint density at radius 2 is 2.20 bits per heavy atom. The minimum Gasteiger partial charge on any atom is -0.397 e. The Morgan fingerprint density at radius 3 is 2.92 bits per heavy atom. The summed E-state index contributed by atoms with van der Waals surface area (Å²) in [7, 11) is 0. The van der Waals surface area contributed by atoms with Crippen molar-refractivity contribution in [3.63, 3.8) is 0 Å². The van der Waals surface area contributed by atoms with Gasteiger partial charge in [0.15, 0.2) is 0 Å². The van der Waals surface area contributed by atoms with Crippen molar-refractivity contribution in [2.24, 2.45) is 0 Å². The average molecular weight is 355 g/mol. The second-order valence-electron chi connectivity index (χ2n) is 6.68. The number of nitrogens with two attached hydrogens (primary N) is 1. The van der Waals surface area contributed by atoms with Crippen LogP contribution in [0.15, 0.2) is 23.8 Å². The summed E-state index contributed by atoms with van der Waals surface area (Å²) in [5, 5.41) is 12.7. The summed E-state index contributed by atoms with van der Waals surface area (Å²) in [6.07, 6.45) is 7.42. The van der Waals surface area contributed by atoms with Crippen molar-refractivity contribution >= 4 is 33.1 Å². The van der Waals surface area contributed by atoms with Crippen LogP contribution in [0.5, 0.6) is 0 Å². The van der Waals surface area contributed by atoms with Crippen LogP contribution in [0.2, 0.25) is 0 Å². The Balaban J connectivity index is 1.43. The Labute approximate surface area is 150 Å². The zero-order chi connectivity index (χ0) is 17.6. The lowest BCUT2D eigenvalue weighted by molar-refractivity contribution is 0.0577. The zero-order valence-corrected chi connectivity index (χ0v) is 15.2. The first-order valence-corrected chi connectivity index (χ1v) is 9.25. The number of hydrogen-bond acceptors (Lipinski definition) is 6. The highest BCUT2D eigenvalue weighted by molar-refractivity contribution is 7.21. The third kappa shape index (κ3) is 2.83. The number of amides is 1. The lowest BCUT2D eigenvalue weighted by Gasteiger charge is -2.39. The third-order valence-corrected chi connectivity index (χ3v) is 6.04. The van der Waals surface area contributed by atoms with Crippen molar-refractivity contribution in [1.29, 1.82) is 0 Å². The molecule has 0 bridgehead atoms. The number of carbonyl (C=O) groups is 1. The van der Waals surface area contributed by atoms with Crippen LogP contribution >= 0.6 is 11.3 Å². The van der Waals surface area contributed by atoms with E-state index in [0.717, 1.165) is 47.5 Å². The number of nitrogen functional groups attached to an aromatic ring is 1. The highest BCUT2D eigenvalue weighted by Crippen LogP contribution is 2.36. The second-order valence-corrected chi connectivity index (χ2v) is 7.68. The Kier molecular flexibility index (Phi) is 4.05. The van der Waals surface area contributed by atoms with Crippen molar-refractivity contribution in [2.45, 2.75) is 26.3 Å². The van der Waals surface area contributed by atoms with Crippen LogP contribution in [0, 0.1) is 13.8 Å². The van der Waals surface area contributed by atoms with Crippen molar-refractivity contribution in [3.05, 3.63) is 39.9 Å². The van der Waals surface area contributed by atoms with Gasteiger partial charge in [0.25, 0.3) is 5.91 Å². The number of carbonyl (C=O) groups excluding carboxylic acids is 1. The van der Waals surface area contributed by atoms with Crippen molar-refractivity contribution in [1.82, 2.24) is 20.4 Å². The van der Waals surface area contributed by atoms with Gasteiger partial charge in [-0.2, -0.15) is 5.10 Å². The molecule has 25 heavy (non-hydrogen) atoms. The molecule has 0 atom stereocenters. The zero-order valence-electron chi connectivity index (χ0n) is 14.4. The average Bonchev–Trinajstić information content (AvgIpc) is 3.17. The Morgan fingerprint density at radius 1 is 1.40 bits per heavy atom. The molecule has 1 aliphatic carbocycles. The third-order valence-electron chi connectivity index (χ3n) is 4.96. The largest absolute Gasteiger partial charge is 0.397 e. The van der Waals surface area contributed by atoms with E-state index in [2.05, 4.69) is 33.7 Å². The lowest BCUT2D eigenvalue weighted by atomic mass is 10.1. The number of aryl methyl sites for hydroxylation is 2.